The Hall–Kier alpha value is -3.11. The Morgan fingerprint density at radius 3 is 2.40 bits per heavy atom. The van der Waals surface area contributed by atoms with Crippen molar-refractivity contribution in [3.63, 3.8) is 0 Å². The van der Waals surface area contributed by atoms with Gasteiger partial charge in [0.1, 0.15) is 5.82 Å². The van der Waals surface area contributed by atoms with Crippen LogP contribution in [-0.4, -0.2) is 60.7 Å². The number of hydrogen-bond donors (Lipinski definition) is 3. The first kappa shape index (κ1) is 33.4. The van der Waals surface area contributed by atoms with E-state index in [2.05, 4.69) is 31.3 Å². The number of sulfonamides is 1. The lowest BCUT2D eigenvalue weighted by Crippen LogP contribution is -2.46. The quantitative estimate of drug-likeness (QED) is 0.203. The van der Waals surface area contributed by atoms with Gasteiger partial charge in [-0.2, -0.15) is 4.31 Å². The first-order chi connectivity index (χ1) is 19.8. The summed E-state index contributed by atoms with van der Waals surface area (Å²) in [6.45, 7) is 6.12. The van der Waals surface area contributed by atoms with Crippen molar-refractivity contribution in [2.24, 2.45) is 0 Å². The average Bonchev–Trinajstić information content (AvgIpc) is 2.95. The number of hydrogen-bond acceptors (Lipinski definition) is 5. The highest BCUT2D eigenvalue weighted by Gasteiger charge is 2.27. The summed E-state index contributed by atoms with van der Waals surface area (Å²) in [5, 5.41) is 23.2. The SMILES string of the molecule is CCc1cc(-c2c(F)cccc2CCC(=O)O)ccc1S(=O)(=O)N(C)C[C@@H](O)CNC(C)(C)CCCc1ccccc1. The molecule has 0 spiro atoms. The number of benzene rings is 3. The molecule has 0 fully saturated rings. The molecule has 0 amide bonds. The third-order valence-corrected chi connectivity index (χ3v) is 9.44. The highest BCUT2D eigenvalue weighted by atomic mass is 32.2. The fraction of sp³-hybridized carbons (Fsp3) is 0.424. The number of rotatable bonds is 16. The number of nitrogens with zero attached hydrogens (tertiary/aromatic N) is 1. The minimum atomic E-state index is -3.94. The van der Waals surface area contributed by atoms with Gasteiger partial charge in [-0.3, -0.25) is 4.79 Å². The van der Waals surface area contributed by atoms with E-state index >= 15 is 0 Å². The summed E-state index contributed by atoms with van der Waals surface area (Å²) in [5.74, 6) is -1.47. The van der Waals surface area contributed by atoms with E-state index in [0.717, 1.165) is 23.6 Å². The van der Waals surface area contributed by atoms with E-state index in [-0.39, 0.29) is 41.9 Å². The maximum atomic E-state index is 14.9. The van der Waals surface area contributed by atoms with Crippen LogP contribution in [0.4, 0.5) is 4.39 Å². The number of likely N-dealkylation sites (N-methyl/N-ethyl adjacent to an activating group) is 1. The van der Waals surface area contributed by atoms with Gasteiger partial charge in [-0.1, -0.05) is 55.5 Å². The van der Waals surface area contributed by atoms with Crippen LogP contribution >= 0.6 is 0 Å². The van der Waals surface area contributed by atoms with E-state index in [9.17, 15) is 22.7 Å². The van der Waals surface area contributed by atoms with Gasteiger partial charge in [0, 0.05) is 37.7 Å². The van der Waals surface area contributed by atoms with Crippen molar-refractivity contribution in [1.82, 2.24) is 9.62 Å². The maximum Gasteiger partial charge on any atom is 0.303 e. The molecule has 0 aromatic heterocycles. The molecule has 228 valence electrons. The van der Waals surface area contributed by atoms with Crippen LogP contribution in [0.5, 0.6) is 0 Å². The van der Waals surface area contributed by atoms with Crippen LogP contribution in [0.15, 0.2) is 71.6 Å². The van der Waals surface area contributed by atoms with Gasteiger partial charge < -0.3 is 15.5 Å². The number of carboxylic acid groups (broad SMARTS) is 1. The normalized spacial score (nSPS) is 12.9. The first-order valence-corrected chi connectivity index (χ1v) is 15.8. The molecule has 0 bridgehead atoms. The Morgan fingerprint density at radius 1 is 1.02 bits per heavy atom. The zero-order chi connectivity index (χ0) is 30.9. The molecule has 0 radical (unpaired) electrons. The fourth-order valence-corrected chi connectivity index (χ4v) is 6.57. The number of carbonyl (C=O) groups is 1. The molecule has 1 atom stereocenters. The van der Waals surface area contributed by atoms with Crippen LogP contribution in [0.2, 0.25) is 0 Å². The smallest absolute Gasteiger partial charge is 0.303 e. The summed E-state index contributed by atoms with van der Waals surface area (Å²) in [4.78, 5) is 11.2. The third-order valence-electron chi connectivity index (χ3n) is 7.52. The topological polar surface area (TPSA) is 107 Å². The van der Waals surface area contributed by atoms with Gasteiger partial charge in [-0.15, -0.1) is 0 Å². The number of aliphatic carboxylic acids is 1. The molecular weight excluding hydrogens is 555 g/mol. The number of β-amino-alcohol motifs (C(OH)–C–C–N with tert-alkyl or cyclic N) is 1. The van der Waals surface area contributed by atoms with E-state index < -0.39 is 27.9 Å². The predicted molar refractivity (Wildman–Crippen MR) is 164 cm³/mol. The number of halogens is 1. The zero-order valence-electron chi connectivity index (χ0n) is 24.9. The lowest BCUT2D eigenvalue weighted by molar-refractivity contribution is -0.136. The molecule has 3 aromatic rings. The molecule has 0 aliphatic rings. The largest absolute Gasteiger partial charge is 0.481 e. The lowest BCUT2D eigenvalue weighted by Gasteiger charge is -2.29. The lowest BCUT2D eigenvalue weighted by atomic mass is 9.94. The summed E-state index contributed by atoms with van der Waals surface area (Å²) >= 11 is 0. The van der Waals surface area contributed by atoms with E-state index in [4.69, 9.17) is 5.11 Å². The number of carboxylic acids is 1. The van der Waals surface area contributed by atoms with Crippen LogP contribution < -0.4 is 5.32 Å². The number of aliphatic hydroxyl groups excluding tert-OH is 1. The van der Waals surface area contributed by atoms with Crippen molar-refractivity contribution in [1.29, 1.82) is 0 Å². The van der Waals surface area contributed by atoms with Crippen LogP contribution in [-0.2, 0) is 34.1 Å². The molecule has 7 nitrogen and oxygen atoms in total. The van der Waals surface area contributed by atoms with Crippen LogP contribution in [0, 0.1) is 5.82 Å². The van der Waals surface area contributed by atoms with Gasteiger partial charge in [-0.25, -0.2) is 12.8 Å². The summed E-state index contributed by atoms with van der Waals surface area (Å²) in [7, 11) is -2.50. The minimum absolute atomic E-state index is 0.0903. The van der Waals surface area contributed by atoms with Gasteiger partial charge in [0.15, 0.2) is 0 Å². The standard InChI is InChI=1S/C33H43FN2O5S/c1-5-25-21-27(32-26(17-19-31(38)39)14-9-15-29(32)34)16-18-30(25)42(40,41)36(4)23-28(37)22-35-33(2,3)20-10-13-24-11-7-6-8-12-24/h6-9,11-12,14-16,18,21,28,35,37H,5,10,13,17,19-20,22-23H2,1-4H3,(H,38,39)/t28-/m0/s1. The van der Waals surface area contributed by atoms with E-state index in [1.54, 1.807) is 18.2 Å². The highest BCUT2D eigenvalue weighted by Crippen LogP contribution is 2.32. The van der Waals surface area contributed by atoms with Gasteiger partial charge >= 0.3 is 5.97 Å². The highest BCUT2D eigenvalue weighted by molar-refractivity contribution is 7.89. The number of nitrogens with one attached hydrogen (secondary N) is 1. The Bertz CT molecular complexity index is 1440. The van der Waals surface area contributed by atoms with Crippen molar-refractivity contribution in [3.05, 3.63) is 89.2 Å². The molecule has 3 aromatic carbocycles. The van der Waals surface area contributed by atoms with Crippen molar-refractivity contribution in [2.75, 3.05) is 20.1 Å². The number of aryl methyl sites for hydroxylation is 3. The third kappa shape index (κ3) is 9.19. The minimum Gasteiger partial charge on any atom is -0.481 e. The molecule has 0 unspecified atom stereocenters. The molecule has 0 saturated heterocycles. The average molecular weight is 599 g/mol. The molecule has 3 N–H and O–H groups in total. The number of aliphatic hydroxyl groups is 1. The van der Waals surface area contributed by atoms with Crippen LogP contribution in [0.25, 0.3) is 11.1 Å². The summed E-state index contributed by atoms with van der Waals surface area (Å²) in [6.07, 6.45) is 2.33. The fourth-order valence-electron chi connectivity index (χ4n) is 5.09. The molecular formula is C33H43FN2O5S. The summed E-state index contributed by atoms with van der Waals surface area (Å²) in [6, 6.07) is 19.5. The van der Waals surface area contributed by atoms with E-state index in [1.165, 1.54) is 30.8 Å². The van der Waals surface area contributed by atoms with Gasteiger partial charge in [0.05, 0.1) is 11.0 Å². The molecule has 3 rings (SSSR count). The van der Waals surface area contributed by atoms with Gasteiger partial charge in [-0.05, 0) is 86.4 Å². The Morgan fingerprint density at radius 2 is 1.74 bits per heavy atom. The molecule has 9 heteroatoms. The Labute approximate surface area is 249 Å². The molecule has 0 aliphatic heterocycles. The summed E-state index contributed by atoms with van der Waals surface area (Å²) < 4.78 is 43.1. The zero-order valence-corrected chi connectivity index (χ0v) is 25.8. The van der Waals surface area contributed by atoms with Gasteiger partial charge in [0.25, 0.3) is 0 Å². The summed E-state index contributed by atoms with van der Waals surface area (Å²) in [5.41, 5.74) is 2.88. The van der Waals surface area contributed by atoms with Crippen LogP contribution in [0.3, 0.4) is 0 Å². The molecule has 0 aliphatic carbocycles. The monoisotopic (exact) mass is 598 g/mol. The first-order valence-electron chi connectivity index (χ1n) is 14.4. The Kier molecular flexibility index (Phi) is 11.8. The molecule has 0 saturated carbocycles. The van der Waals surface area contributed by atoms with Crippen molar-refractivity contribution in [2.45, 2.75) is 75.8 Å². The van der Waals surface area contributed by atoms with Crippen molar-refractivity contribution in [3.8, 4) is 11.1 Å². The van der Waals surface area contributed by atoms with Crippen LogP contribution in [0.1, 0.15) is 56.7 Å². The molecule has 0 heterocycles. The van der Waals surface area contributed by atoms with Crippen molar-refractivity contribution < 1.29 is 27.8 Å². The molecule has 42 heavy (non-hydrogen) atoms. The Balaban J connectivity index is 1.67. The second kappa shape index (κ2) is 14.9. The van der Waals surface area contributed by atoms with E-state index in [1.807, 2.05) is 25.1 Å². The maximum absolute atomic E-state index is 14.9. The van der Waals surface area contributed by atoms with Crippen molar-refractivity contribution >= 4 is 16.0 Å². The second-order valence-electron chi connectivity index (χ2n) is 11.4. The second-order valence-corrected chi connectivity index (χ2v) is 13.4. The van der Waals surface area contributed by atoms with E-state index in [0.29, 0.717) is 23.1 Å². The predicted octanol–water partition coefficient (Wildman–Crippen LogP) is 5.44. The van der Waals surface area contributed by atoms with Gasteiger partial charge in [0.2, 0.25) is 10.0 Å².